The highest BCUT2D eigenvalue weighted by Gasteiger charge is 2.29. The van der Waals surface area contributed by atoms with Gasteiger partial charge in [0, 0.05) is 46.5 Å². The van der Waals surface area contributed by atoms with Crippen molar-refractivity contribution in [1.82, 2.24) is 9.88 Å². The lowest BCUT2D eigenvalue weighted by molar-refractivity contribution is -0.121. The minimum Gasteiger partial charge on any atom is -0.338 e. The molecule has 2 amide bonds. The Morgan fingerprint density at radius 3 is 2.55 bits per heavy atom. The number of carbonyl (C=O) groups is 2. The molecule has 0 saturated carbocycles. The van der Waals surface area contributed by atoms with Gasteiger partial charge in [-0.15, -0.1) is 11.3 Å². The number of halogens is 1. The molecule has 0 spiro atoms. The van der Waals surface area contributed by atoms with Gasteiger partial charge in [0.2, 0.25) is 5.91 Å². The number of piperidine rings is 1. The number of amides is 2. The normalized spacial score (nSPS) is 16.4. The number of hydrogen-bond donors (Lipinski definition) is 1. The first-order valence-electron chi connectivity index (χ1n) is 9.46. The third-order valence-corrected chi connectivity index (χ3v) is 6.08. The van der Waals surface area contributed by atoms with E-state index in [1.54, 1.807) is 46.7 Å². The second-order valence-electron chi connectivity index (χ2n) is 7.00. The molecule has 0 unspecified atom stereocenters. The van der Waals surface area contributed by atoms with Crippen molar-refractivity contribution in [2.75, 3.05) is 18.4 Å². The van der Waals surface area contributed by atoms with Crippen LogP contribution in [0.5, 0.6) is 0 Å². The molecule has 148 valence electrons. The highest BCUT2D eigenvalue weighted by molar-refractivity contribution is 7.13. The van der Waals surface area contributed by atoms with Crippen molar-refractivity contribution >= 4 is 40.4 Å². The van der Waals surface area contributed by atoms with E-state index in [0.717, 1.165) is 29.1 Å². The Bertz CT molecular complexity index is 988. The van der Waals surface area contributed by atoms with Crippen LogP contribution in [0, 0.1) is 5.92 Å². The van der Waals surface area contributed by atoms with Crippen LogP contribution in [-0.2, 0) is 4.79 Å². The second kappa shape index (κ2) is 8.76. The molecule has 2 heterocycles. The van der Waals surface area contributed by atoms with Gasteiger partial charge in [0.1, 0.15) is 5.01 Å². The molecule has 0 aliphatic carbocycles. The molecule has 1 saturated heterocycles. The Morgan fingerprint density at radius 1 is 1.10 bits per heavy atom. The molecule has 1 aromatic heterocycles. The molecule has 0 bridgehead atoms. The van der Waals surface area contributed by atoms with Crippen LogP contribution < -0.4 is 5.32 Å². The summed E-state index contributed by atoms with van der Waals surface area (Å²) in [7, 11) is 0. The number of rotatable bonds is 4. The van der Waals surface area contributed by atoms with Gasteiger partial charge in [-0.2, -0.15) is 0 Å². The fourth-order valence-electron chi connectivity index (χ4n) is 3.46. The molecular weight excluding hydrogens is 406 g/mol. The molecular formula is C22H20ClN3O2S. The minimum atomic E-state index is -0.223. The molecule has 0 radical (unpaired) electrons. The van der Waals surface area contributed by atoms with Gasteiger partial charge >= 0.3 is 0 Å². The molecule has 1 aliphatic rings. The van der Waals surface area contributed by atoms with E-state index in [1.807, 2.05) is 29.6 Å². The lowest BCUT2D eigenvalue weighted by Crippen LogP contribution is -2.43. The molecule has 1 atom stereocenters. The van der Waals surface area contributed by atoms with Gasteiger partial charge in [0.05, 0.1) is 5.92 Å². The zero-order valence-corrected chi connectivity index (χ0v) is 17.2. The molecule has 5 nitrogen and oxygen atoms in total. The van der Waals surface area contributed by atoms with Crippen molar-refractivity contribution in [3.8, 4) is 10.6 Å². The van der Waals surface area contributed by atoms with Gasteiger partial charge in [0.15, 0.2) is 0 Å². The van der Waals surface area contributed by atoms with E-state index in [2.05, 4.69) is 10.3 Å². The van der Waals surface area contributed by atoms with Gasteiger partial charge in [-0.25, -0.2) is 4.98 Å². The van der Waals surface area contributed by atoms with Crippen LogP contribution in [0.15, 0.2) is 60.1 Å². The first-order valence-corrected chi connectivity index (χ1v) is 10.7. The van der Waals surface area contributed by atoms with Crippen LogP contribution in [0.4, 0.5) is 5.69 Å². The van der Waals surface area contributed by atoms with E-state index in [-0.39, 0.29) is 17.7 Å². The lowest BCUT2D eigenvalue weighted by Gasteiger charge is -2.32. The lowest BCUT2D eigenvalue weighted by atomic mass is 9.96. The highest BCUT2D eigenvalue weighted by Crippen LogP contribution is 2.25. The molecule has 29 heavy (non-hydrogen) atoms. The standard InChI is InChI=1S/C22H20ClN3O2S/c23-18-7-3-16(4-8-18)22(28)26-12-1-2-17(14-26)20(27)25-19-9-5-15(6-10-19)21-24-11-13-29-21/h3-11,13,17H,1-2,12,14H2,(H,25,27)/t17-/m1/s1. The first kappa shape index (κ1) is 19.6. The Morgan fingerprint density at radius 2 is 1.86 bits per heavy atom. The molecule has 2 aromatic carbocycles. The number of nitrogens with zero attached hydrogens (tertiary/aromatic N) is 2. The maximum atomic E-state index is 12.8. The van der Waals surface area contributed by atoms with Crippen LogP contribution in [0.3, 0.4) is 0 Å². The van der Waals surface area contributed by atoms with Crippen LogP contribution in [0.2, 0.25) is 5.02 Å². The fraction of sp³-hybridized carbons (Fsp3) is 0.227. The topological polar surface area (TPSA) is 62.3 Å². The summed E-state index contributed by atoms with van der Waals surface area (Å²) in [4.78, 5) is 31.5. The summed E-state index contributed by atoms with van der Waals surface area (Å²) >= 11 is 7.48. The highest BCUT2D eigenvalue weighted by atomic mass is 35.5. The van der Waals surface area contributed by atoms with Crippen molar-refractivity contribution in [3.05, 3.63) is 70.7 Å². The number of likely N-dealkylation sites (tertiary alicyclic amines) is 1. The second-order valence-corrected chi connectivity index (χ2v) is 8.33. The van der Waals surface area contributed by atoms with E-state index in [9.17, 15) is 9.59 Å². The summed E-state index contributed by atoms with van der Waals surface area (Å²) in [6, 6.07) is 14.5. The average Bonchev–Trinajstić information content (AvgIpc) is 3.29. The van der Waals surface area contributed by atoms with Crippen molar-refractivity contribution in [1.29, 1.82) is 0 Å². The third kappa shape index (κ3) is 4.66. The Hall–Kier alpha value is -2.70. The molecule has 4 rings (SSSR count). The van der Waals surface area contributed by atoms with Crippen molar-refractivity contribution in [2.45, 2.75) is 12.8 Å². The van der Waals surface area contributed by atoms with Crippen molar-refractivity contribution < 1.29 is 9.59 Å². The summed E-state index contributed by atoms with van der Waals surface area (Å²) in [6.45, 7) is 1.08. The van der Waals surface area contributed by atoms with E-state index in [4.69, 9.17) is 11.6 Å². The number of carbonyl (C=O) groups excluding carboxylic acids is 2. The molecule has 3 aromatic rings. The summed E-state index contributed by atoms with van der Waals surface area (Å²) in [5.74, 6) is -0.341. The maximum absolute atomic E-state index is 12.8. The van der Waals surface area contributed by atoms with Crippen LogP contribution in [0.1, 0.15) is 23.2 Å². The summed E-state index contributed by atoms with van der Waals surface area (Å²) in [5, 5.41) is 6.46. The van der Waals surface area contributed by atoms with Gasteiger partial charge < -0.3 is 10.2 Å². The van der Waals surface area contributed by atoms with Crippen LogP contribution in [0.25, 0.3) is 10.6 Å². The number of benzene rings is 2. The third-order valence-electron chi connectivity index (χ3n) is 5.00. The summed E-state index contributed by atoms with van der Waals surface area (Å²) < 4.78 is 0. The Labute approximate surface area is 178 Å². The number of thiazole rings is 1. The van der Waals surface area contributed by atoms with E-state index in [0.29, 0.717) is 23.7 Å². The Balaban J connectivity index is 1.38. The average molecular weight is 426 g/mol. The quantitative estimate of drug-likeness (QED) is 0.643. The van der Waals surface area contributed by atoms with Crippen molar-refractivity contribution in [2.24, 2.45) is 5.92 Å². The number of aromatic nitrogens is 1. The predicted octanol–water partition coefficient (Wildman–Crippen LogP) is 4.95. The molecule has 1 fully saturated rings. The van der Waals surface area contributed by atoms with Crippen LogP contribution in [-0.4, -0.2) is 34.8 Å². The van der Waals surface area contributed by atoms with E-state index >= 15 is 0 Å². The Kier molecular flexibility index (Phi) is 5.92. The molecule has 7 heteroatoms. The number of nitrogens with one attached hydrogen (secondary N) is 1. The largest absolute Gasteiger partial charge is 0.338 e. The van der Waals surface area contributed by atoms with E-state index < -0.39 is 0 Å². The van der Waals surface area contributed by atoms with Gasteiger partial charge in [0.25, 0.3) is 5.91 Å². The minimum absolute atomic E-state index is 0.0550. The van der Waals surface area contributed by atoms with Gasteiger partial charge in [-0.05, 0) is 61.4 Å². The summed E-state index contributed by atoms with van der Waals surface area (Å²) in [6.07, 6.45) is 3.35. The fourth-order valence-corrected chi connectivity index (χ4v) is 4.23. The molecule has 1 N–H and O–H groups in total. The maximum Gasteiger partial charge on any atom is 0.253 e. The van der Waals surface area contributed by atoms with Crippen molar-refractivity contribution in [3.63, 3.8) is 0 Å². The predicted molar refractivity (Wildman–Crippen MR) is 116 cm³/mol. The van der Waals surface area contributed by atoms with E-state index in [1.165, 1.54) is 0 Å². The first-order chi connectivity index (χ1) is 14.1. The number of anilines is 1. The smallest absolute Gasteiger partial charge is 0.253 e. The number of hydrogen-bond acceptors (Lipinski definition) is 4. The van der Waals surface area contributed by atoms with Gasteiger partial charge in [-0.1, -0.05) is 11.6 Å². The molecule has 1 aliphatic heterocycles. The zero-order valence-electron chi connectivity index (χ0n) is 15.7. The summed E-state index contributed by atoms with van der Waals surface area (Å²) in [5.41, 5.74) is 2.36. The SMILES string of the molecule is O=C(Nc1ccc(-c2nccs2)cc1)[C@@H]1CCCN(C(=O)c2ccc(Cl)cc2)C1. The van der Waals surface area contributed by atoms with Crippen LogP contribution >= 0.6 is 22.9 Å². The van der Waals surface area contributed by atoms with Gasteiger partial charge in [-0.3, -0.25) is 9.59 Å². The monoisotopic (exact) mass is 425 g/mol. The zero-order chi connectivity index (χ0) is 20.2.